The molecule has 0 aliphatic heterocycles. The van der Waals surface area contributed by atoms with Crippen molar-refractivity contribution in [3.8, 4) is 6.07 Å². The van der Waals surface area contributed by atoms with Crippen molar-refractivity contribution >= 4 is 11.6 Å². The highest BCUT2D eigenvalue weighted by Crippen LogP contribution is 2.39. The van der Waals surface area contributed by atoms with Gasteiger partial charge in [0.1, 0.15) is 5.82 Å². The third-order valence-corrected chi connectivity index (χ3v) is 4.28. The summed E-state index contributed by atoms with van der Waals surface area (Å²) in [5.41, 5.74) is 0.411. The van der Waals surface area contributed by atoms with Crippen molar-refractivity contribution in [2.45, 2.75) is 44.9 Å². The Morgan fingerprint density at radius 2 is 1.89 bits per heavy atom. The van der Waals surface area contributed by atoms with E-state index in [9.17, 15) is 9.65 Å². The average molecular weight is 266 g/mol. The first-order chi connectivity index (χ1) is 8.67. The van der Waals surface area contributed by atoms with Crippen LogP contribution in [-0.2, 0) is 6.42 Å². The van der Waals surface area contributed by atoms with E-state index in [0.29, 0.717) is 6.42 Å². The van der Waals surface area contributed by atoms with Crippen LogP contribution in [0.4, 0.5) is 4.39 Å². The van der Waals surface area contributed by atoms with Crippen LogP contribution in [0.1, 0.15) is 44.1 Å². The Balaban J connectivity index is 2.24. The fraction of sp³-hybridized carbons (Fsp3) is 0.533. The average Bonchev–Trinajstić information content (AvgIpc) is 2.61. The van der Waals surface area contributed by atoms with Gasteiger partial charge in [-0.1, -0.05) is 49.4 Å². The summed E-state index contributed by atoms with van der Waals surface area (Å²) >= 11 is 5.99. The van der Waals surface area contributed by atoms with Crippen molar-refractivity contribution in [3.05, 3.63) is 34.6 Å². The van der Waals surface area contributed by atoms with Gasteiger partial charge in [-0.3, -0.25) is 0 Å². The monoisotopic (exact) mass is 265 g/mol. The van der Waals surface area contributed by atoms with Gasteiger partial charge < -0.3 is 0 Å². The van der Waals surface area contributed by atoms with Crippen LogP contribution >= 0.6 is 11.6 Å². The van der Waals surface area contributed by atoms with Gasteiger partial charge in [-0.15, -0.1) is 0 Å². The molecule has 0 radical (unpaired) electrons. The van der Waals surface area contributed by atoms with Gasteiger partial charge in [-0.05, 0) is 30.9 Å². The summed E-state index contributed by atoms with van der Waals surface area (Å²) in [4.78, 5) is 0. The van der Waals surface area contributed by atoms with E-state index in [1.165, 1.54) is 18.9 Å². The summed E-state index contributed by atoms with van der Waals surface area (Å²) in [6.07, 6.45) is 6.92. The lowest BCUT2D eigenvalue weighted by Gasteiger charge is -2.25. The zero-order valence-electron chi connectivity index (χ0n) is 10.4. The van der Waals surface area contributed by atoms with Gasteiger partial charge in [-0.2, -0.15) is 5.26 Å². The van der Waals surface area contributed by atoms with Gasteiger partial charge in [0.05, 0.1) is 16.5 Å². The highest BCUT2D eigenvalue weighted by molar-refractivity contribution is 6.31. The molecule has 1 fully saturated rings. The molecule has 1 aromatic carbocycles. The quantitative estimate of drug-likeness (QED) is 0.699. The summed E-state index contributed by atoms with van der Waals surface area (Å²) in [5.74, 6) is -0.393. The van der Waals surface area contributed by atoms with Crippen molar-refractivity contribution in [1.82, 2.24) is 0 Å². The predicted octanol–water partition coefficient (Wildman–Crippen LogP) is 4.89. The van der Waals surface area contributed by atoms with Crippen LogP contribution in [0, 0.1) is 22.6 Å². The number of nitriles is 1. The fourth-order valence-corrected chi connectivity index (χ4v) is 2.98. The molecule has 0 atom stereocenters. The Morgan fingerprint density at radius 3 is 2.50 bits per heavy atom. The normalized spacial score (nSPS) is 18.9. The Bertz CT molecular complexity index is 456. The van der Waals surface area contributed by atoms with Crippen molar-refractivity contribution in [2.75, 3.05) is 0 Å². The summed E-state index contributed by atoms with van der Waals surface area (Å²) in [5, 5.41) is 9.68. The second kappa shape index (κ2) is 5.71. The molecular weight excluding hydrogens is 249 g/mol. The van der Waals surface area contributed by atoms with Gasteiger partial charge in [0.15, 0.2) is 0 Å². The zero-order chi connectivity index (χ0) is 13.0. The Labute approximate surface area is 113 Å². The second-order valence-corrected chi connectivity index (χ2v) is 5.57. The lowest BCUT2D eigenvalue weighted by atomic mass is 9.77. The third-order valence-electron chi connectivity index (χ3n) is 3.86. The number of benzene rings is 1. The number of hydrogen-bond donors (Lipinski definition) is 0. The molecule has 1 aliphatic rings. The van der Waals surface area contributed by atoms with Crippen LogP contribution in [0.25, 0.3) is 0 Å². The van der Waals surface area contributed by atoms with Crippen molar-refractivity contribution < 1.29 is 4.39 Å². The van der Waals surface area contributed by atoms with Crippen LogP contribution in [-0.4, -0.2) is 0 Å². The molecule has 0 bridgehead atoms. The van der Waals surface area contributed by atoms with E-state index in [1.807, 2.05) is 6.07 Å². The number of hydrogen-bond acceptors (Lipinski definition) is 1. The molecule has 0 heterocycles. The van der Waals surface area contributed by atoms with Crippen molar-refractivity contribution in [3.63, 3.8) is 0 Å². The van der Waals surface area contributed by atoms with Crippen molar-refractivity contribution in [1.29, 1.82) is 5.26 Å². The molecule has 18 heavy (non-hydrogen) atoms. The minimum atomic E-state index is -0.393. The molecule has 3 heteroatoms. The molecular formula is C15H17ClFN. The summed E-state index contributed by atoms with van der Waals surface area (Å²) < 4.78 is 13.4. The molecule has 0 spiro atoms. The standard InChI is InChI=1S/C15H17ClFN/c16-14-12(6-5-7-13(14)17)10-15(11-18)8-3-1-2-4-9-15/h5-7H,1-4,8-10H2. The Morgan fingerprint density at radius 1 is 1.22 bits per heavy atom. The van der Waals surface area contributed by atoms with Crippen LogP contribution < -0.4 is 0 Å². The predicted molar refractivity (Wildman–Crippen MR) is 70.9 cm³/mol. The van der Waals surface area contributed by atoms with Gasteiger partial charge in [0.2, 0.25) is 0 Å². The van der Waals surface area contributed by atoms with Crippen LogP contribution in [0.5, 0.6) is 0 Å². The van der Waals surface area contributed by atoms with E-state index >= 15 is 0 Å². The fourth-order valence-electron chi connectivity index (χ4n) is 2.78. The summed E-state index contributed by atoms with van der Waals surface area (Å²) in [7, 11) is 0. The maximum atomic E-state index is 13.4. The van der Waals surface area contributed by atoms with E-state index in [-0.39, 0.29) is 10.4 Å². The first-order valence-corrected chi connectivity index (χ1v) is 6.89. The van der Waals surface area contributed by atoms with E-state index in [2.05, 4.69) is 6.07 Å². The number of nitrogens with zero attached hydrogens (tertiary/aromatic N) is 1. The maximum absolute atomic E-state index is 13.4. The maximum Gasteiger partial charge on any atom is 0.142 e. The second-order valence-electron chi connectivity index (χ2n) is 5.20. The minimum absolute atomic E-state index is 0.177. The Hall–Kier alpha value is -1.07. The molecule has 1 nitrogen and oxygen atoms in total. The lowest BCUT2D eigenvalue weighted by molar-refractivity contribution is 0.338. The highest BCUT2D eigenvalue weighted by atomic mass is 35.5. The van der Waals surface area contributed by atoms with E-state index in [0.717, 1.165) is 31.2 Å². The molecule has 0 unspecified atom stereocenters. The first-order valence-electron chi connectivity index (χ1n) is 6.51. The van der Waals surface area contributed by atoms with Crippen molar-refractivity contribution in [2.24, 2.45) is 5.41 Å². The molecule has 2 rings (SSSR count). The van der Waals surface area contributed by atoms with E-state index in [4.69, 9.17) is 11.6 Å². The largest absolute Gasteiger partial charge is 0.205 e. The summed E-state index contributed by atoms with van der Waals surface area (Å²) in [6, 6.07) is 7.32. The van der Waals surface area contributed by atoms with Gasteiger partial charge in [-0.25, -0.2) is 4.39 Å². The smallest absolute Gasteiger partial charge is 0.142 e. The molecule has 0 aromatic heterocycles. The molecule has 96 valence electrons. The molecule has 0 N–H and O–H groups in total. The van der Waals surface area contributed by atoms with Gasteiger partial charge >= 0.3 is 0 Å². The zero-order valence-corrected chi connectivity index (χ0v) is 11.1. The van der Waals surface area contributed by atoms with Crippen LogP contribution in [0.2, 0.25) is 5.02 Å². The van der Waals surface area contributed by atoms with Crippen LogP contribution in [0.15, 0.2) is 18.2 Å². The molecule has 0 saturated heterocycles. The lowest BCUT2D eigenvalue weighted by Crippen LogP contribution is -2.21. The van der Waals surface area contributed by atoms with Gasteiger partial charge in [0.25, 0.3) is 0 Å². The molecule has 0 amide bonds. The summed E-state index contributed by atoms with van der Waals surface area (Å²) in [6.45, 7) is 0. The minimum Gasteiger partial charge on any atom is -0.205 e. The topological polar surface area (TPSA) is 23.8 Å². The molecule has 1 aliphatic carbocycles. The van der Waals surface area contributed by atoms with E-state index in [1.54, 1.807) is 6.07 Å². The van der Waals surface area contributed by atoms with Crippen LogP contribution in [0.3, 0.4) is 0 Å². The molecule has 1 aromatic rings. The SMILES string of the molecule is N#CC1(Cc2cccc(F)c2Cl)CCCCCC1. The molecule has 1 saturated carbocycles. The highest BCUT2D eigenvalue weighted by Gasteiger charge is 2.32. The first kappa shape index (κ1) is 13.4. The van der Waals surface area contributed by atoms with E-state index < -0.39 is 5.82 Å². The van der Waals surface area contributed by atoms with Gasteiger partial charge in [0, 0.05) is 0 Å². The third kappa shape index (κ3) is 2.84. The Kier molecular flexibility index (Phi) is 4.24. The number of rotatable bonds is 2. The number of halogens is 2.